The predicted molar refractivity (Wildman–Crippen MR) is 148 cm³/mol. The number of fused-ring (bicyclic) bond motifs is 3. The van der Waals surface area contributed by atoms with E-state index in [1.165, 1.54) is 24.3 Å². The summed E-state index contributed by atoms with van der Waals surface area (Å²) < 4.78 is 84.9. The van der Waals surface area contributed by atoms with Crippen molar-refractivity contribution in [2.24, 2.45) is 0 Å². The first kappa shape index (κ1) is 30.0. The molecule has 6 rings (SSSR count). The standard InChI is InChI=1S/C30H18F6N6O2S/c31-20-7-10-23-22(13-20)26-39-40-41-42(26)16-28(23,44)29(32,33)25-12-4-18(14-37-25)3-8-21-9-11-24(45-21)27(43)38-15-17-1-5-19(6-2-17)30(34,35)36/h1-2,4-7,9-14,44H,15-16H2,(H,38,43). The summed E-state index contributed by atoms with van der Waals surface area (Å²) in [6.45, 7) is -0.685. The summed E-state index contributed by atoms with van der Waals surface area (Å²) in [4.78, 5) is 17.2. The minimum atomic E-state index is -4.45. The third-order valence-electron chi connectivity index (χ3n) is 7.08. The van der Waals surface area contributed by atoms with E-state index in [9.17, 15) is 27.5 Å². The van der Waals surface area contributed by atoms with Gasteiger partial charge in [-0.25, -0.2) is 9.07 Å². The van der Waals surface area contributed by atoms with Crippen molar-refractivity contribution in [1.29, 1.82) is 0 Å². The lowest BCUT2D eigenvalue weighted by Crippen LogP contribution is -2.49. The zero-order valence-electron chi connectivity index (χ0n) is 22.6. The van der Waals surface area contributed by atoms with Crippen LogP contribution in [0.15, 0.2) is 72.9 Å². The van der Waals surface area contributed by atoms with Crippen LogP contribution in [0.4, 0.5) is 26.3 Å². The number of hydrogen-bond donors (Lipinski definition) is 2. The van der Waals surface area contributed by atoms with Crippen LogP contribution in [0, 0.1) is 17.7 Å². The first-order valence-corrected chi connectivity index (χ1v) is 13.9. The summed E-state index contributed by atoms with van der Waals surface area (Å²) >= 11 is 1.06. The number of nitrogens with one attached hydrogen (secondary N) is 1. The number of aliphatic hydroxyl groups is 1. The summed E-state index contributed by atoms with van der Waals surface area (Å²) in [7, 11) is 0. The molecule has 228 valence electrons. The number of alkyl halides is 5. The van der Waals surface area contributed by atoms with Gasteiger partial charge in [-0.1, -0.05) is 30.0 Å². The fourth-order valence-corrected chi connectivity index (χ4v) is 5.52. The molecule has 4 heterocycles. The van der Waals surface area contributed by atoms with E-state index in [1.54, 1.807) is 6.07 Å². The topological polar surface area (TPSA) is 106 Å². The highest BCUT2D eigenvalue weighted by atomic mass is 32.1. The lowest BCUT2D eigenvalue weighted by atomic mass is 9.80. The van der Waals surface area contributed by atoms with Crippen LogP contribution in [0.1, 0.15) is 42.5 Å². The number of tetrazole rings is 1. The summed E-state index contributed by atoms with van der Waals surface area (Å²) in [5.74, 6) is 0.539. The lowest BCUT2D eigenvalue weighted by molar-refractivity contribution is -0.207. The third-order valence-corrected chi connectivity index (χ3v) is 8.08. The number of aromatic nitrogens is 5. The molecule has 45 heavy (non-hydrogen) atoms. The van der Waals surface area contributed by atoms with Crippen LogP contribution in [0.25, 0.3) is 11.4 Å². The Morgan fingerprint density at radius 3 is 2.51 bits per heavy atom. The zero-order chi connectivity index (χ0) is 32.0. The van der Waals surface area contributed by atoms with Gasteiger partial charge in [0, 0.05) is 29.4 Å². The summed E-state index contributed by atoms with van der Waals surface area (Å²) in [5, 5.41) is 24.8. The molecule has 2 aromatic carbocycles. The molecule has 2 N–H and O–H groups in total. The number of thiophene rings is 1. The first-order chi connectivity index (χ1) is 21.3. The Kier molecular flexibility index (Phi) is 7.42. The van der Waals surface area contributed by atoms with Crippen LogP contribution in [0.3, 0.4) is 0 Å². The minimum absolute atomic E-state index is 0.0209. The van der Waals surface area contributed by atoms with Gasteiger partial charge < -0.3 is 10.4 Å². The molecule has 0 aliphatic carbocycles. The molecule has 1 unspecified atom stereocenters. The highest BCUT2D eigenvalue weighted by molar-refractivity contribution is 7.14. The Morgan fingerprint density at radius 2 is 1.80 bits per heavy atom. The average Bonchev–Trinajstić information content (AvgIpc) is 3.69. The smallest absolute Gasteiger partial charge is 0.377 e. The maximum Gasteiger partial charge on any atom is 0.416 e. The van der Waals surface area contributed by atoms with Gasteiger partial charge in [0.25, 0.3) is 5.91 Å². The van der Waals surface area contributed by atoms with Crippen molar-refractivity contribution in [1.82, 2.24) is 30.5 Å². The number of nitrogens with zero attached hydrogens (tertiary/aromatic N) is 5. The molecule has 0 radical (unpaired) electrons. The molecule has 0 spiro atoms. The normalized spacial score (nSPS) is 15.9. The summed E-state index contributed by atoms with van der Waals surface area (Å²) in [6.07, 6.45) is -3.34. The van der Waals surface area contributed by atoms with E-state index < -0.39 is 47.2 Å². The van der Waals surface area contributed by atoms with Gasteiger partial charge >= 0.3 is 12.1 Å². The molecule has 8 nitrogen and oxygen atoms in total. The van der Waals surface area contributed by atoms with Crippen molar-refractivity contribution in [3.8, 4) is 23.2 Å². The van der Waals surface area contributed by atoms with E-state index in [1.807, 2.05) is 0 Å². The van der Waals surface area contributed by atoms with Gasteiger partial charge in [0.15, 0.2) is 11.4 Å². The Hall–Kier alpha value is -5.07. The molecule has 1 amide bonds. The third kappa shape index (κ3) is 5.65. The number of pyridine rings is 1. The molecule has 5 aromatic rings. The fourth-order valence-electron chi connectivity index (χ4n) is 4.74. The average molecular weight is 641 g/mol. The van der Waals surface area contributed by atoms with E-state index in [2.05, 4.69) is 37.7 Å². The Labute approximate surface area is 254 Å². The number of rotatable bonds is 5. The minimum Gasteiger partial charge on any atom is -0.377 e. The van der Waals surface area contributed by atoms with E-state index in [4.69, 9.17) is 0 Å². The molecule has 0 saturated carbocycles. The number of benzene rings is 2. The van der Waals surface area contributed by atoms with Crippen molar-refractivity contribution in [2.75, 3.05) is 0 Å². The molecule has 15 heteroatoms. The molecule has 1 atom stereocenters. The highest BCUT2D eigenvalue weighted by Gasteiger charge is 2.59. The van der Waals surface area contributed by atoms with Gasteiger partial charge in [-0.3, -0.25) is 9.78 Å². The van der Waals surface area contributed by atoms with Crippen molar-refractivity contribution in [3.63, 3.8) is 0 Å². The van der Waals surface area contributed by atoms with Crippen LogP contribution in [-0.4, -0.2) is 36.2 Å². The van der Waals surface area contributed by atoms with Gasteiger partial charge in [0.1, 0.15) is 11.5 Å². The molecule has 1 aliphatic heterocycles. The second-order valence-electron chi connectivity index (χ2n) is 10.0. The molecule has 0 fully saturated rings. The molecule has 0 saturated heterocycles. The number of carbonyl (C=O) groups excluding carboxylic acids is 1. The Morgan fingerprint density at radius 1 is 1.02 bits per heavy atom. The maximum atomic E-state index is 15.9. The molecular formula is C30H18F6N6O2S. The van der Waals surface area contributed by atoms with Gasteiger partial charge in [-0.05, 0) is 64.5 Å². The van der Waals surface area contributed by atoms with Gasteiger partial charge in [0.05, 0.1) is 21.9 Å². The quantitative estimate of drug-likeness (QED) is 0.200. The van der Waals surface area contributed by atoms with Crippen molar-refractivity contribution in [2.45, 2.75) is 30.8 Å². The van der Waals surface area contributed by atoms with E-state index in [0.29, 0.717) is 15.3 Å². The second-order valence-corrected chi connectivity index (χ2v) is 11.1. The Balaban J connectivity index is 1.14. The molecular weight excluding hydrogens is 622 g/mol. The van der Waals surface area contributed by atoms with Crippen LogP contribution in [0.2, 0.25) is 0 Å². The Bertz CT molecular complexity index is 1960. The predicted octanol–water partition coefficient (Wildman–Crippen LogP) is 5.28. The van der Waals surface area contributed by atoms with Crippen LogP contribution in [-0.2, 0) is 30.8 Å². The number of hydrogen-bond acceptors (Lipinski definition) is 7. The SMILES string of the molecule is O=C(NCc1ccc(C(F)(F)F)cc1)c1ccc(C#Cc2ccc(C(F)(F)C3(O)Cn4nnnc4-c4cc(F)ccc43)nc2)s1. The van der Waals surface area contributed by atoms with E-state index in [-0.39, 0.29) is 29.1 Å². The van der Waals surface area contributed by atoms with Crippen LogP contribution < -0.4 is 5.32 Å². The molecule has 1 aliphatic rings. The largest absolute Gasteiger partial charge is 0.416 e. The monoisotopic (exact) mass is 640 g/mol. The number of amides is 1. The van der Waals surface area contributed by atoms with Crippen molar-refractivity contribution in [3.05, 3.63) is 116 Å². The summed E-state index contributed by atoms with van der Waals surface area (Å²) in [5.41, 5.74) is -3.95. The number of carbonyl (C=O) groups is 1. The van der Waals surface area contributed by atoms with Crippen LogP contribution >= 0.6 is 11.3 Å². The van der Waals surface area contributed by atoms with E-state index >= 15 is 8.78 Å². The van der Waals surface area contributed by atoms with Gasteiger partial charge in [0.2, 0.25) is 0 Å². The van der Waals surface area contributed by atoms with E-state index in [0.717, 1.165) is 58.6 Å². The molecule has 3 aromatic heterocycles. The number of halogens is 6. The van der Waals surface area contributed by atoms with Crippen LogP contribution in [0.5, 0.6) is 0 Å². The van der Waals surface area contributed by atoms with Gasteiger partial charge in [-0.2, -0.15) is 22.0 Å². The zero-order valence-corrected chi connectivity index (χ0v) is 23.4. The highest BCUT2D eigenvalue weighted by Crippen LogP contribution is 2.50. The van der Waals surface area contributed by atoms with Crippen molar-refractivity contribution < 1.29 is 36.2 Å². The second kappa shape index (κ2) is 11.1. The lowest BCUT2D eigenvalue weighted by Gasteiger charge is -2.39. The fraction of sp³-hybridized carbons (Fsp3) is 0.167. The van der Waals surface area contributed by atoms with Gasteiger partial charge in [-0.15, -0.1) is 16.4 Å². The van der Waals surface area contributed by atoms with Crippen molar-refractivity contribution >= 4 is 17.2 Å². The molecule has 0 bridgehead atoms. The summed E-state index contributed by atoms with van der Waals surface area (Å²) in [6, 6.07) is 12.9. The maximum absolute atomic E-state index is 15.9. The first-order valence-electron chi connectivity index (χ1n) is 13.0.